The van der Waals surface area contributed by atoms with Crippen LogP contribution in [0.1, 0.15) is 31.7 Å². The molecule has 9 N–H and O–H groups in total. The molecule has 224 valence electrons. The van der Waals surface area contributed by atoms with Crippen LogP contribution >= 0.6 is 0 Å². The van der Waals surface area contributed by atoms with E-state index in [9.17, 15) is 28.2 Å². The topological polar surface area (TPSA) is 217 Å². The molecule has 1 amide bonds. The first kappa shape index (κ1) is 31.0. The summed E-state index contributed by atoms with van der Waals surface area (Å²) in [4.78, 5) is 22.7. The number of sulfone groups is 1. The molecule has 1 spiro atoms. The Morgan fingerprint density at radius 3 is 2.37 bits per heavy atom. The first-order chi connectivity index (χ1) is 19.3. The van der Waals surface area contributed by atoms with Crippen molar-refractivity contribution in [2.45, 2.75) is 59.8 Å². The van der Waals surface area contributed by atoms with Gasteiger partial charge in [0.1, 0.15) is 16.7 Å². The van der Waals surface area contributed by atoms with Crippen molar-refractivity contribution in [1.29, 1.82) is 0 Å². The fourth-order valence-electron chi connectivity index (χ4n) is 6.04. The Hall–Kier alpha value is -2.91. The number of aliphatic hydroxyl groups is 2. The van der Waals surface area contributed by atoms with Gasteiger partial charge in [-0.25, -0.2) is 8.42 Å². The van der Waals surface area contributed by atoms with E-state index in [4.69, 9.17) is 26.7 Å². The van der Waals surface area contributed by atoms with E-state index in [1.165, 1.54) is 19.2 Å². The van der Waals surface area contributed by atoms with Gasteiger partial charge in [0.15, 0.2) is 4.87 Å². The number of para-hydroxylation sites is 1. The largest absolute Gasteiger partial charge is 0.495 e. The quantitative estimate of drug-likeness (QED) is 0.195. The van der Waals surface area contributed by atoms with Crippen molar-refractivity contribution in [2.24, 2.45) is 23.1 Å². The number of Topliss-reactive ketones (excluding diaryl/α,β-unsaturated/α-hetero) is 1. The molecule has 12 nitrogen and oxygen atoms in total. The number of ketones is 1. The highest BCUT2D eigenvalue weighted by Gasteiger charge is 2.71. The van der Waals surface area contributed by atoms with Gasteiger partial charge in [0, 0.05) is 18.0 Å². The molecular formula is C28H38N4O8S. The Kier molecular flexibility index (Phi) is 8.63. The lowest BCUT2D eigenvalue weighted by Gasteiger charge is -2.45. The molecule has 0 aromatic heterocycles. The van der Waals surface area contributed by atoms with E-state index in [1.54, 1.807) is 30.3 Å². The molecule has 2 fully saturated rings. The lowest BCUT2D eigenvalue weighted by atomic mass is 9.75. The Morgan fingerprint density at radius 1 is 1.20 bits per heavy atom. The van der Waals surface area contributed by atoms with Crippen molar-refractivity contribution in [1.82, 2.24) is 5.32 Å². The number of nitrogens with one attached hydrogen (secondary N) is 1. The van der Waals surface area contributed by atoms with Crippen molar-refractivity contribution < 1.29 is 37.7 Å². The van der Waals surface area contributed by atoms with Gasteiger partial charge >= 0.3 is 0 Å². The van der Waals surface area contributed by atoms with Crippen LogP contribution in [0.25, 0.3) is 11.1 Å². The summed E-state index contributed by atoms with van der Waals surface area (Å²) >= 11 is 0. The van der Waals surface area contributed by atoms with Gasteiger partial charge in [-0.15, -0.1) is 0 Å². The number of hydrogen-bond donors (Lipinski definition) is 6. The van der Waals surface area contributed by atoms with Gasteiger partial charge in [-0.05, 0) is 56.5 Å². The molecule has 13 heteroatoms. The number of primary amides is 1. The molecule has 0 aliphatic carbocycles. The Morgan fingerprint density at radius 2 is 1.83 bits per heavy atom. The van der Waals surface area contributed by atoms with Crippen LogP contribution in [0.5, 0.6) is 5.75 Å². The van der Waals surface area contributed by atoms with Crippen LogP contribution in [0, 0.1) is 5.92 Å². The highest BCUT2D eigenvalue weighted by Crippen LogP contribution is 2.50. The summed E-state index contributed by atoms with van der Waals surface area (Å²) < 4.78 is 41.2. The zero-order valence-electron chi connectivity index (χ0n) is 23.1. The fraction of sp³-hybridized carbons (Fsp3) is 0.500. The average molecular weight is 591 g/mol. The lowest BCUT2D eigenvalue weighted by molar-refractivity contribution is -0.161. The van der Waals surface area contributed by atoms with E-state index in [1.807, 2.05) is 0 Å². The molecular weight excluding hydrogens is 552 g/mol. The molecule has 2 aromatic carbocycles. The first-order valence-electron chi connectivity index (χ1n) is 13.4. The zero-order valence-corrected chi connectivity index (χ0v) is 23.9. The molecule has 41 heavy (non-hydrogen) atoms. The number of aliphatic hydroxyl groups excluding tert-OH is 1. The van der Waals surface area contributed by atoms with Crippen LogP contribution in [0.15, 0.2) is 47.4 Å². The number of rotatable bonds is 10. The van der Waals surface area contributed by atoms with Crippen LogP contribution in [0.2, 0.25) is 0 Å². The summed E-state index contributed by atoms with van der Waals surface area (Å²) in [5.74, 6) is -4.61. The Bertz CT molecular complexity index is 1410. The average Bonchev–Trinajstić information content (AvgIpc) is 3.38. The summed E-state index contributed by atoms with van der Waals surface area (Å²) in [5, 5.41) is 25.2. The normalized spacial score (nSPS) is 22.4. The summed E-state index contributed by atoms with van der Waals surface area (Å²) in [6.07, 6.45) is -0.891. The van der Waals surface area contributed by atoms with Crippen LogP contribution in [-0.2, 0) is 30.7 Å². The fourth-order valence-corrected chi connectivity index (χ4v) is 8.28. The van der Waals surface area contributed by atoms with Gasteiger partial charge in [0.25, 0.3) is 5.91 Å². The minimum absolute atomic E-state index is 0.0235. The van der Waals surface area contributed by atoms with Crippen LogP contribution < -0.4 is 27.3 Å². The molecule has 2 aromatic rings. The van der Waals surface area contributed by atoms with Crippen LogP contribution in [0.4, 0.5) is 0 Å². The van der Waals surface area contributed by atoms with E-state index < -0.39 is 54.5 Å². The molecule has 0 radical (unpaired) electrons. The standard InChI is InChI=1S/C28H38N4O8S/c1-17(33)24(34)27(36,25(30)35)28(31,20-14-26(40-16-20)10-12-32-13-11-26)41(37,38)22-5-3-4-21(23(22)39-2)19-8-6-18(15-29)7-9-19/h3-9,17,20,32-33,36H,10-16,29,31H2,1-2H3,(H2,30,35). The number of benzene rings is 2. The van der Waals surface area contributed by atoms with E-state index in [0.29, 0.717) is 43.6 Å². The molecule has 4 atom stereocenters. The summed E-state index contributed by atoms with van der Waals surface area (Å²) in [6, 6.07) is 11.4. The van der Waals surface area contributed by atoms with Gasteiger partial charge in [-0.1, -0.05) is 36.4 Å². The Balaban J connectivity index is 1.96. The van der Waals surface area contributed by atoms with Gasteiger partial charge in [0.2, 0.25) is 21.2 Å². The maximum Gasteiger partial charge on any atom is 0.260 e. The van der Waals surface area contributed by atoms with Crippen molar-refractivity contribution >= 4 is 21.5 Å². The highest BCUT2D eigenvalue weighted by molar-refractivity contribution is 7.93. The van der Waals surface area contributed by atoms with Crippen molar-refractivity contribution in [3.8, 4) is 16.9 Å². The zero-order chi connectivity index (χ0) is 30.2. The van der Waals surface area contributed by atoms with E-state index >= 15 is 0 Å². The molecule has 4 unspecified atom stereocenters. The molecule has 2 aliphatic rings. The third-order valence-electron chi connectivity index (χ3n) is 8.41. The third-order valence-corrected chi connectivity index (χ3v) is 10.8. The number of carbonyl (C=O) groups excluding carboxylic acids is 2. The summed E-state index contributed by atoms with van der Waals surface area (Å²) in [6.45, 7) is 2.23. The molecule has 4 rings (SSSR count). The number of amides is 1. The number of carbonyl (C=O) groups is 2. The predicted octanol–water partition coefficient (Wildman–Crippen LogP) is -0.425. The minimum atomic E-state index is -5.05. The van der Waals surface area contributed by atoms with Crippen molar-refractivity contribution in [3.05, 3.63) is 48.0 Å². The molecule has 0 saturated carbocycles. The maximum absolute atomic E-state index is 14.8. The second-order valence-corrected chi connectivity index (χ2v) is 12.9. The monoisotopic (exact) mass is 590 g/mol. The maximum atomic E-state index is 14.8. The third kappa shape index (κ3) is 4.95. The van der Waals surface area contributed by atoms with E-state index in [2.05, 4.69) is 5.32 Å². The second-order valence-electron chi connectivity index (χ2n) is 10.8. The molecule has 2 aliphatic heterocycles. The smallest absolute Gasteiger partial charge is 0.260 e. The van der Waals surface area contributed by atoms with Gasteiger partial charge < -0.3 is 42.2 Å². The van der Waals surface area contributed by atoms with E-state index in [-0.39, 0.29) is 18.8 Å². The number of nitrogens with two attached hydrogens (primary N) is 3. The number of hydrogen-bond acceptors (Lipinski definition) is 11. The van der Waals surface area contributed by atoms with Gasteiger partial charge in [-0.3, -0.25) is 9.59 Å². The van der Waals surface area contributed by atoms with Crippen molar-refractivity contribution in [3.63, 3.8) is 0 Å². The van der Waals surface area contributed by atoms with Gasteiger partial charge in [-0.2, -0.15) is 0 Å². The molecule has 2 saturated heterocycles. The van der Waals surface area contributed by atoms with Crippen LogP contribution in [0.3, 0.4) is 0 Å². The second kappa shape index (κ2) is 11.4. The lowest BCUT2D eigenvalue weighted by Crippen LogP contribution is -2.77. The van der Waals surface area contributed by atoms with E-state index in [0.717, 1.165) is 12.5 Å². The number of methoxy groups -OCH3 is 1. The Labute approximate surface area is 239 Å². The van der Waals surface area contributed by atoms with Crippen LogP contribution in [-0.4, -0.2) is 79.3 Å². The SMILES string of the molecule is COc1c(-c2ccc(CN)cc2)cccc1S(=O)(=O)C(N)(C1COC2(CCNCC2)C1)C(O)(C(N)=O)C(=O)C(C)O. The number of piperidine rings is 1. The molecule has 2 heterocycles. The summed E-state index contributed by atoms with van der Waals surface area (Å²) in [7, 11) is -3.78. The summed E-state index contributed by atoms with van der Waals surface area (Å²) in [5.41, 5.74) is 15.5. The molecule has 0 bridgehead atoms. The first-order valence-corrected chi connectivity index (χ1v) is 14.9. The number of ether oxygens (including phenoxy) is 2. The minimum Gasteiger partial charge on any atom is -0.495 e. The van der Waals surface area contributed by atoms with Crippen molar-refractivity contribution in [2.75, 3.05) is 26.8 Å². The highest BCUT2D eigenvalue weighted by atomic mass is 32.2. The predicted molar refractivity (Wildman–Crippen MR) is 150 cm³/mol. The van der Waals surface area contributed by atoms with Gasteiger partial charge in [0.05, 0.1) is 19.3 Å².